The zero-order valence-corrected chi connectivity index (χ0v) is 11.9. The van der Waals surface area contributed by atoms with E-state index < -0.39 is 29.7 Å². The van der Waals surface area contributed by atoms with Crippen molar-refractivity contribution in [1.82, 2.24) is 9.13 Å². The van der Waals surface area contributed by atoms with Gasteiger partial charge in [0.2, 0.25) is 0 Å². The van der Waals surface area contributed by atoms with Crippen LogP contribution < -0.4 is 11.2 Å². The van der Waals surface area contributed by atoms with Gasteiger partial charge in [-0.3, -0.25) is 9.36 Å². The molecule has 0 unspecified atom stereocenters. The van der Waals surface area contributed by atoms with Crippen LogP contribution in [0.15, 0.2) is 21.9 Å². The summed E-state index contributed by atoms with van der Waals surface area (Å²) in [5.41, 5.74) is -1.13. The average molecular weight is 294 g/mol. The highest BCUT2D eigenvalue weighted by atomic mass is 16.5. The number of ether oxygens (including phenoxy) is 1. The fraction of sp³-hybridized carbons (Fsp3) is 0.571. The van der Waals surface area contributed by atoms with Crippen LogP contribution in [0.2, 0.25) is 0 Å². The second-order valence-electron chi connectivity index (χ2n) is 5.20. The number of aromatic nitrogens is 2. The highest BCUT2D eigenvalue weighted by molar-refractivity contribution is 5.06. The van der Waals surface area contributed by atoms with Gasteiger partial charge in [0.15, 0.2) is 0 Å². The molecule has 21 heavy (non-hydrogen) atoms. The maximum absolute atomic E-state index is 12.3. The number of aliphatic hydroxyl groups excluding tert-OH is 2. The van der Waals surface area contributed by atoms with Crippen LogP contribution >= 0.6 is 0 Å². The first-order valence-corrected chi connectivity index (χ1v) is 6.74. The lowest BCUT2D eigenvalue weighted by molar-refractivity contribution is -0.0461. The summed E-state index contributed by atoms with van der Waals surface area (Å²) in [4.78, 5) is 24.0. The summed E-state index contributed by atoms with van der Waals surface area (Å²) >= 11 is 0. The molecule has 0 bridgehead atoms. The maximum atomic E-state index is 12.3. The van der Waals surface area contributed by atoms with Gasteiger partial charge < -0.3 is 14.9 Å². The molecule has 1 aromatic heterocycles. The normalized spacial score (nSPS) is 24.9. The number of nitrogens with zero attached hydrogens (tertiary/aromatic N) is 2. The van der Waals surface area contributed by atoms with Gasteiger partial charge in [0.1, 0.15) is 12.3 Å². The molecule has 1 aliphatic rings. The van der Waals surface area contributed by atoms with Gasteiger partial charge in [-0.2, -0.15) is 4.57 Å². The van der Waals surface area contributed by atoms with Crippen molar-refractivity contribution in [2.24, 2.45) is 5.92 Å². The Morgan fingerprint density at radius 1 is 1.48 bits per heavy atom. The molecule has 1 fully saturated rings. The van der Waals surface area contributed by atoms with Crippen LogP contribution in [0.3, 0.4) is 0 Å². The number of rotatable bonds is 2. The van der Waals surface area contributed by atoms with Gasteiger partial charge in [-0.05, 0) is 0 Å². The van der Waals surface area contributed by atoms with E-state index in [2.05, 4.69) is 12.0 Å². The Kier molecular flexibility index (Phi) is 4.63. The van der Waals surface area contributed by atoms with Gasteiger partial charge in [-0.25, -0.2) is 4.79 Å². The fourth-order valence-electron chi connectivity index (χ4n) is 2.06. The predicted octanol–water partition coefficient (Wildman–Crippen LogP) is -0.884. The summed E-state index contributed by atoms with van der Waals surface area (Å²) in [5, 5.41) is 18.8. The number of hydrogen-bond acceptors (Lipinski definition) is 5. The second kappa shape index (κ2) is 6.26. The van der Waals surface area contributed by atoms with Gasteiger partial charge in [-0.1, -0.05) is 19.8 Å². The first-order chi connectivity index (χ1) is 9.93. The van der Waals surface area contributed by atoms with Crippen molar-refractivity contribution in [3.05, 3.63) is 33.1 Å². The van der Waals surface area contributed by atoms with E-state index in [1.165, 1.54) is 16.8 Å². The molecule has 2 heterocycles. The summed E-state index contributed by atoms with van der Waals surface area (Å²) in [7, 11) is 0. The Balaban J connectivity index is 2.40. The molecule has 0 saturated carbocycles. The quantitative estimate of drug-likeness (QED) is 0.691. The molecule has 7 heteroatoms. The lowest BCUT2D eigenvalue weighted by Gasteiger charge is -2.14. The minimum absolute atomic E-state index is 0.0216. The summed E-state index contributed by atoms with van der Waals surface area (Å²) in [5.74, 6) is 2.78. The molecule has 0 aliphatic carbocycles. The van der Waals surface area contributed by atoms with Crippen LogP contribution in [0.5, 0.6) is 0 Å². The lowest BCUT2D eigenvalue weighted by atomic mass is 10.2. The van der Waals surface area contributed by atoms with E-state index in [0.29, 0.717) is 0 Å². The largest absolute Gasteiger partial charge is 0.394 e. The Labute approximate surface area is 121 Å². The smallest absolute Gasteiger partial charge is 0.345 e. The van der Waals surface area contributed by atoms with Gasteiger partial charge in [0, 0.05) is 30.6 Å². The predicted molar refractivity (Wildman–Crippen MR) is 74.6 cm³/mol. The molecule has 1 aromatic rings. The van der Waals surface area contributed by atoms with Crippen LogP contribution in [0, 0.1) is 17.9 Å². The van der Waals surface area contributed by atoms with E-state index >= 15 is 0 Å². The topological polar surface area (TPSA) is 93.7 Å². The number of aliphatic hydroxyl groups is 2. The molecule has 1 aliphatic heterocycles. The van der Waals surface area contributed by atoms with Crippen LogP contribution in [0.4, 0.5) is 0 Å². The summed E-state index contributed by atoms with van der Waals surface area (Å²) in [6.07, 6.45) is -0.827. The molecule has 0 spiro atoms. The van der Waals surface area contributed by atoms with Crippen molar-refractivity contribution in [2.75, 3.05) is 6.61 Å². The Hall–Kier alpha value is -1.88. The Morgan fingerprint density at radius 3 is 2.76 bits per heavy atom. The zero-order valence-electron chi connectivity index (χ0n) is 11.9. The molecular formula is C14H18N2O5. The first kappa shape index (κ1) is 15.5. The molecular weight excluding hydrogens is 276 g/mol. The second-order valence-corrected chi connectivity index (χ2v) is 5.20. The first-order valence-electron chi connectivity index (χ1n) is 6.74. The van der Waals surface area contributed by atoms with E-state index in [0.717, 1.165) is 4.57 Å². The van der Waals surface area contributed by atoms with E-state index in [4.69, 9.17) is 9.84 Å². The lowest BCUT2D eigenvalue weighted by Crippen LogP contribution is -2.38. The standard InChI is InChI=1S/C14H18N2O5/c1-9(2)3-5-15-12(19)4-6-16(14(15)20)13-7-10(18)11(8-17)21-13/h4,6,9-11,13,17-18H,7-8H2,1-2H3/t10-,11+,13+/m0/s1. The van der Waals surface area contributed by atoms with Crippen molar-refractivity contribution in [3.63, 3.8) is 0 Å². The van der Waals surface area contributed by atoms with Crippen LogP contribution in [-0.4, -0.2) is 38.2 Å². The molecule has 7 nitrogen and oxygen atoms in total. The minimum atomic E-state index is -0.853. The Morgan fingerprint density at radius 2 is 2.19 bits per heavy atom. The van der Waals surface area contributed by atoms with Gasteiger partial charge in [0.05, 0.1) is 12.7 Å². The van der Waals surface area contributed by atoms with Crippen molar-refractivity contribution in [2.45, 2.75) is 38.7 Å². The fourth-order valence-corrected chi connectivity index (χ4v) is 2.06. The van der Waals surface area contributed by atoms with Gasteiger partial charge >= 0.3 is 5.69 Å². The molecule has 114 valence electrons. The Bertz CT molecular complexity index is 679. The molecule has 0 amide bonds. The average Bonchev–Trinajstić information content (AvgIpc) is 2.79. The van der Waals surface area contributed by atoms with Crippen LogP contribution in [0.25, 0.3) is 0 Å². The zero-order chi connectivity index (χ0) is 15.6. The number of hydrogen-bond donors (Lipinski definition) is 2. The van der Waals surface area contributed by atoms with Gasteiger partial charge in [-0.15, -0.1) is 0 Å². The minimum Gasteiger partial charge on any atom is -0.394 e. The van der Waals surface area contributed by atoms with E-state index in [1.807, 2.05) is 13.8 Å². The summed E-state index contributed by atoms with van der Waals surface area (Å²) < 4.78 is 7.43. The van der Waals surface area contributed by atoms with Crippen molar-refractivity contribution < 1.29 is 14.9 Å². The summed E-state index contributed by atoms with van der Waals surface area (Å²) in [6.45, 7) is 3.36. The third-order valence-corrected chi connectivity index (χ3v) is 3.17. The van der Waals surface area contributed by atoms with Crippen molar-refractivity contribution >= 4 is 0 Å². The molecule has 2 N–H and O–H groups in total. The molecule has 1 saturated heterocycles. The monoisotopic (exact) mass is 294 g/mol. The third kappa shape index (κ3) is 3.24. The maximum Gasteiger partial charge on any atom is 0.345 e. The van der Waals surface area contributed by atoms with E-state index in [9.17, 15) is 14.7 Å². The molecule has 2 rings (SSSR count). The van der Waals surface area contributed by atoms with Crippen LogP contribution in [-0.2, 0) is 4.74 Å². The molecule has 0 radical (unpaired) electrons. The van der Waals surface area contributed by atoms with Crippen molar-refractivity contribution in [1.29, 1.82) is 0 Å². The third-order valence-electron chi connectivity index (χ3n) is 3.17. The van der Waals surface area contributed by atoms with E-state index in [-0.39, 0.29) is 18.9 Å². The highest BCUT2D eigenvalue weighted by Gasteiger charge is 2.35. The molecule has 0 aromatic carbocycles. The molecule has 3 atom stereocenters. The summed E-state index contributed by atoms with van der Waals surface area (Å²) in [6, 6.07) is 3.75. The van der Waals surface area contributed by atoms with Crippen LogP contribution in [0.1, 0.15) is 26.5 Å². The SMILES string of the molecule is CC(C)C#Cn1c(=O)ccn([C@H]2C[C@H](O)[C@@H](CO)O2)c1=O. The van der Waals surface area contributed by atoms with Crippen molar-refractivity contribution in [3.8, 4) is 12.0 Å². The highest BCUT2D eigenvalue weighted by Crippen LogP contribution is 2.26. The van der Waals surface area contributed by atoms with E-state index in [1.54, 1.807) is 0 Å². The van der Waals surface area contributed by atoms with Gasteiger partial charge in [0.25, 0.3) is 5.56 Å².